The van der Waals surface area contributed by atoms with E-state index in [0.717, 1.165) is 13.2 Å². The monoisotopic (exact) mass is 288 g/mol. The summed E-state index contributed by atoms with van der Waals surface area (Å²) in [5.41, 5.74) is 1.43. The topological polar surface area (TPSA) is 9.23 Å². The third-order valence-corrected chi connectivity index (χ3v) is 3.22. The van der Waals surface area contributed by atoms with Crippen molar-refractivity contribution in [2.45, 2.75) is 18.8 Å². The molecule has 0 amide bonds. The van der Waals surface area contributed by atoms with Crippen LogP contribution in [0.5, 0.6) is 0 Å². The van der Waals surface area contributed by atoms with Crippen molar-refractivity contribution < 1.29 is 4.74 Å². The largest absolute Gasteiger partial charge is 0.381 e. The van der Waals surface area contributed by atoms with Gasteiger partial charge >= 0.3 is 0 Å². The molecule has 1 aromatic carbocycles. The molecule has 1 atom stereocenters. The molecular weight excluding hydrogens is 275 g/mol. The molecule has 1 fully saturated rings. The number of halogens is 1. The average Bonchev–Trinajstić information content (AvgIpc) is 2.20. The van der Waals surface area contributed by atoms with E-state index < -0.39 is 0 Å². The highest BCUT2D eigenvalue weighted by molar-refractivity contribution is 14.1. The molecule has 1 unspecified atom stereocenters. The van der Waals surface area contributed by atoms with Gasteiger partial charge in [-0.15, -0.1) is 0 Å². The highest BCUT2D eigenvalue weighted by Gasteiger charge is 2.15. The van der Waals surface area contributed by atoms with Crippen LogP contribution in [0.1, 0.15) is 24.3 Å². The summed E-state index contributed by atoms with van der Waals surface area (Å²) in [6, 6.07) is 8.79. The van der Waals surface area contributed by atoms with Gasteiger partial charge in [-0.2, -0.15) is 0 Å². The Morgan fingerprint density at radius 1 is 1.23 bits per heavy atom. The van der Waals surface area contributed by atoms with Crippen molar-refractivity contribution in [1.82, 2.24) is 0 Å². The van der Waals surface area contributed by atoms with Crippen molar-refractivity contribution in [1.29, 1.82) is 0 Å². The Bertz CT molecular complexity index is 262. The fourth-order valence-electron chi connectivity index (χ4n) is 1.74. The lowest BCUT2D eigenvalue weighted by Gasteiger charge is -2.22. The second kappa shape index (κ2) is 4.42. The summed E-state index contributed by atoms with van der Waals surface area (Å²) in [4.78, 5) is 0. The van der Waals surface area contributed by atoms with Crippen molar-refractivity contribution >= 4 is 22.6 Å². The number of benzene rings is 1. The van der Waals surface area contributed by atoms with Gasteiger partial charge in [0, 0.05) is 16.1 Å². The minimum Gasteiger partial charge on any atom is -0.381 e. The van der Waals surface area contributed by atoms with E-state index in [4.69, 9.17) is 4.74 Å². The Morgan fingerprint density at radius 3 is 2.62 bits per heavy atom. The van der Waals surface area contributed by atoms with Gasteiger partial charge in [-0.25, -0.2) is 0 Å². The van der Waals surface area contributed by atoms with Crippen molar-refractivity contribution in [3.8, 4) is 0 Å². The lowest BCUT2D eigenvalue weighted by Crippen LogP contribution is -2.15. The predicted molar refractivity (Wildman–Crippen MR) is 62.0 cm³/mol. The molecule has 0 radical (unpaired) electrons. The van der Waals surface area contributed by atoms with Crippen LogP contribution >= 0.6 is 22.6 Å². The summed E-state index contributed by atoms with van der Waals surface area (Å²) in [5.74, 6) is 0.630. The minimum atomic E-state index is 0.630. The lowest BCUT2D eigenvalue weighted by atomic mass is 9.94. The number of rotatable bonds is 1. The molecule has 13 heavy (non-hydrogen) atoms. The van der Waals surface area contributed by atoms with Gasteiger partial charge in [-0.05, 0) is 53.1 Å². The number of hydrogen-bond acceptors (Lipinski definition) is 1. The molecule has 2 heteroatoms. The maximum Gasteiger partial charge on any atom is 0.0534 e. The minimum absolute atomic E-state index is 0.630. The van der Waals surface area contributed by atoms with Crippen molar-refractivity contribution in [3.05, 3.63) is 33.4 Å². The zero-order chi connectivity index (χ0) is 9.10. The van der Waals surface area contributed by atoms with Crippen LogP contribution in [0.15, 0.2) is 24.3 Å². The SMILES string of the molecule is Ic1ccc(C2CCCOC2)cc1. The quantitative estimate of drug-likeness (QED) is 0.721. The first-order valence-corrected chi connectivity index (χ1v) is 5.77. The average molecular weight is 288 g/mol. The van der Waals surface area contributed by atoms with Crippen LogP contribution in [0.3, 0.4) is 0 Å². The van der Waals surface area contributed by atoms with Gasteiger partial charge in [0.1, 0.15) is 0 Å². The first-order valence-electron chi connectivity index (χ1n) is 4.69. The summed E-state index contributed by atoms with van der Waals surface area (Å²) in [6.45, 7) is 1.85. The van der Waals surface area contributed by atoms with Crippen molar-refractivity contribution in [3.63, 3.8) is 0 Å². The summed E-state index contributed by atoms with van der Waals surface area (Å²) < 4.78 is 6.77. The third kappa shape index (κ3) is 2.44. The van der Waals surface area contributed by atoms with Gasteiger partial charge in [0.25, 0.3) is 0 Å². The van der Waals surface area contributed by atoms with Crippen molar-refractivity contribution in [2.24, 2.45) is 0 Å². The van der Waals surface area contributed by atoms with Crippen LogP contribution in [0, 0.1) is 3.57 Å². The smallest absolute Gasteiger partial charge is 0.0534 e. The van der Waals surface area contributed by atoms with Gasteiger partial charge in [0.15, 0.2) is 0 Å². The van der Waals surface area contributed by atoms with E-state index >= 15 is 0 Å². The zero-order valence-corrected chi connectivity index (χ0v) is 9.66. The van der Waals surface area contributed by atoms with E-state index in [1.54, 1.807) is 0 Å². The van der Waals surface area contributed by atoms with E-state index in [9.17, 15) is 0 Å². The Balaban J connectivity index is 2.10. The Kier molecular flexibility index (Phi) is 3.22. The molecule has 0 saturated carbocycles. The number of ether oxygens (including phenoxy) is 1. The maximum atomic E-state index is 5.46. The molecule has 0 aromatic heterocycles. The van der Waals surface area contributed by atoms with Crippen LogP contribution in [-0.2, 0) is 4.74 Å². The molecule has 0 N–H and O–H groups in total. The summed E-state index contributed by atoms with van der Waals surface area (Å²) >= 11 is 2.34. The first-order chi connectivity index (χ1) is 6.36. The summed E-state index contributed by atoms with van der Waals surface area (Å²) in [6.07, 6.45) is 2.48. The molecule has 0 spiro atoms. The molecule has 2 rings (SSSR count). The zero-order valence-electron chi connectivity index (χ0n) is 7.50. The second-order valence-corrected chi connectivity index (χ2v) is 4.71. The molecule has 1 saturated heterocycles. The van der Waals surface area contributed by atoms with Crippen LogP contribution in [0.25, 0.3) is 0 Å². The Morgan fingerprint density at radius 2 is 2.00 bits per heavy atom. The third-order valence-electron chi connectivity index (χ3n) is 2.50. The highest BCUT2D eigenvalue weighted by Crippen LogP contribution is 2.25. The summed E-state index contributed by atoms with van der Waals surface area (Å²) in [7, 11) is 0. The molecule has 1 aliphatic rings. The van der Waals surface area contributed by atoms with Crippen LogP contribution < -0.4 is 0 Å². The van der Waals surface area contributed by atoms with Gasteiger partial charge < -0.3 is 4.74 Å². The fourth-order valence-corrected chi connectivity index (χ4v) is 2.10. The molecule has 1 nitrogen and oxygen atoms in total. The van der Waals surface area contributed by atoms with E-state index in [-0.39, 0.29) is 0 Å². The van der Waals surface area contributed by atoms with Gasteiger partial charge in [0.05, 0.1) is 6.61 Å². The molecular formula is C11H13IO. The summed E-state index contributed by atoms with van der Waals surface area (Å²) in [5, 5.41) is 0. The normalized spacial score (nSPS) is 23.0. The Labute approximate surface area is 92.6 Å². The van der Waals surface area contributed by atoms with E-state index in [2.05, 4.69) is 46.9 Å². The highest BCUT2D eigenvalue weighted by atomic mass is 127. The van der Waals surface area contributed by atoms with Gasteiger partial charge in [-0.1, -0.05) is 12.1 Å². The second-order valence-electron chi connectivity index (χ2n) is 3.47. The fraction of sp³-hybridized carbons (Fsp3) is 0.455. The van der Waals surface area contributed by atoms with Crippen LogP contribution in [0.2, 0.25) is 0 Å². The molecule has 70 valence electrons. The maximum absolute atomic E-state index is 5.46. The van der Waals surface area contributed by atoms with E-state index in [1.165, 1.54) is 22.0 Å². The van der Waals surface area contributed by atoms with Crippen LogP contribution in [0.4, 0.5) is 0 Å². The van der Waals surface area contributed by atoms with Gasteiger partial charge in [-0.3, -0.25) is 0 Å². The van der Waals surface area contributed by atoms with E-state index in [1.807, 2.05) is 0 Å². The molecule has 1 heterocycles. The lowest BCUT2D eigenvalue weighted by molar-refractivity contribution is 0.0804. The number of hydrogen-bond donors (Lipinski definition) is 0. The molecule has 0 aliphatic carbocycles. The van der Waals surface area contributed by atoms with Gasteiger partial charge in [0.2, 0.25) is 0 Å². The Hall–Kier alpha value is -0.0900. The molecule has 0 bridgehead atoms. The predicted octanol–water partition coefficient (Wildman–Crippen LogP) is 3.19. The standard InChI is InChI=1S/C11H13IO/c12-11-5-3-9(4-6-11)10-2-1-7-13-8-10/h3-6,10H,1-2,7-8H2. The molecule has 1 aromatic rings. The van der Waals surface area contributed by atoms with E-state index in [0.29, 0.717) is 5.92 Å². The van der Waals surface area contributed by atoms with Crippen molar-refractivity contribution in [2.75, 3.05) is 13.2 Å². The first kappa shape index (κ1) is 9.46. The molecule has 1 aliphatic heterocycles. The van der Waals surface area contributed by atoms with Crippen LogP contribution in [-0.4, -0.2) is 13.2 Å².